The summed E-state index contributed by atoms with van der Waals surface area (Å²) in [6.45, 7) is 0. The number of nitro groups is 1. The number of nitro benzene ring substituents is 1. The van der Waals surface area contributed by atoms with Gasteiger partial charge in [0.05, 0.1) is 16.5 Å². The molecule has 4 rings (SSSR count). The van der Waals surface area contributed by atoms with Gasteiger partial charge in [0.15, 0.2) is 0 Å². The van der Waals surface area contributed by atoms with Crippen molar-refractivity contribution in [2.24, 2.45) is 5.10 Å². The van der Waals surface area contributed by atoms with Gasteiger partial charge in [0.25, 0.3) is 11.2 Å². The Balaban J connectivity index is 1.75. The van der Waals surface area contributed by atoms with Crippen LogP contribution in [0.3, 0.4) is 0 Å². The lowest BCUT2D eigenvalue weighted by Gasteiger charge is -2.09. The summed E-state index contributed by atoms with van der Waals surface area (Å²) >= 11 is 1.59. The first kappa shape index (κ1) is 15.6. The monoisotopic (exact) mass is 354 g/mol. The number of benzene rings is 1. The van der Waals surface area contributed by atoms with E-state index in [0.29, 0.717) is 10.9 Å². The zero-order chi connectivity index (χ0) is 17.4. The molecule has 1 aliphatic carbocycles. The standard InChI is InChI=1S/C17H14N4O3S/c22-17-15-13-6-1-2-7-14(13)25-16(15)18-10-20(17)19-9-11-4-3-5-12(8-11)21(23)24/h3-5,8-10H,1-2,6-7H2/b19-9-. The maximum Gasteiger partial charge on any atom is 0.282 e. The van der Waals surface area contributed by atoms with Gasteiger partial charge >= 0.3 is 0 Å². The number of nitrogens with zero attached hydrogens (tertiary/aromatic N) is 4. The highest BCUT2D eigenvalue weighted by Crippen LogP contribution is 2.33. The number of rotatable bonds is 3. The minimum absolute atomic E-state index is 0.0169. The quantitative estimate of drug-likeness (QED) is 0.410. The van der Waals surface area contributed by atoms with E-state index in [-0.39, 0.29) is 11.2 Å². The molecule has 0 fully saturated rings. The molecule has 0 unspecified atom stereocenters. The van der Waals surface area contributed by atoms with Crippen molar-refractivity contribution in [1.29, 1.82) is 0 Å². The molecule has 0 saturated carbocycles. The van der Waals surface area contributed by atoms with Crippen LogP contribution < -0.4 is 5.56 Å². The van der Waals surface area contributed by atoms with Gasteiger partial charge in [0, 0.05) is 22.6 Å². The second-order valence-corrected chi connectivity index (χ2v) is 6.97. The molecule has 126 valence electrons. The molecule has 0 amide bonds. The van der Waals surface area contributed by atoms with Crippen LogP contribution in [0, 0.1) is 10.1 Å². The Morgan fingerprint density at radius 1 is 1.32 bits per heavy atom. The van der Waals surface area contributed by atoms with Crippen molar-refractivity contribution in [3.8, 4) is 0 Å². The molecule has 0 saturated heterocycles. The summed E-state index contributed by atoms with van der Waals surface area (Å²) in [7, 11) is 0. The number of non-ortho nitro benzene ring substituents is 1. The van der Waals surface area contributed by atoms with Gasteiger partial charge in [-0.15, -0.1) is 11.3 Å². The Kier molecular flexibility index (Phi) is 3.89. The van der Waals surface area contributed by atoms with Crippen molar-refractivity contribution in [1.82, 2.24) is 9.66 Å². The first-order chi connectivity index (χ1) is 12.1. The predicted molar refractivity (Wildman–Crippen MR) is 96.6 cm³/mol. The lowest BCUT2D eigenvalue weighted by Crippen LogP contribution is -2.18. The van der Waals surface area contributed by atoms with Gasteiger partial charge in [0.2, 0.25) is 0 Å². The van der Waals surface area contributed by atoms with Gasteiger partial charge in [-0.2, -0.15) is 9.78 Å². The van der Waals surface area contributed by atoms with Crippen LogP contribution in [0.1, 0.15) is 28.8 Å². The Hall–Kier alpha value is -2.87. The van der Waals surface area contributed by atoms with E-state index >= 15 is 0 Å². The molecular weight excluding hydrogens is 340 g/mol. The summed E-state index contributed by atoms with van der Waals surface area (Å²) in [5, 5.41) is 15.7. The molecule has 1 aliphatic rings. The highest BCUT2D eigenvalue weighted by Gasteiger charge is 2.19. The number of hydrogen-bond acceptors (Lipinski definition) is 6. The van der Waals surface area contributed by atoms with Crippen molar-refractivity contribution in [2.45, 2.75) is 25.7 Å². The molecule has 7 nitrogen and oxygen atoms in total. The topological polar surface area (TPSA) is 90.4 Å². The number of hydrogen-bond donors (Lipinski definition) is 0. The fourth-order valence-corrected chi connectivity index (χ4v) is 4.29. The van der Waals surface area contributed by atoms with Gasteiger partial charge < -0.3 is 0 Å². The smallest absolute Gasteiger partial charge is 0.267 e. The molecule has 0 bridgehead atoms. The lowest BCUT2D eigenvalue weighted by molar-refractivity contribution is -0.384. The van der Waals surface area contributed by atoms with Crippen LogP contribution in [0.25, 0.3) is 10.2 Å². The average Bonchev–Trinajstić information content (AvgIpc) is 3.00. The zero-order valence-electron chi connectivity index (χ0n) is 13.2. The van der Waals surface area contributed by atoms with E-state index in [2.05, 4.69) is 10.1 Å². The molecular formula is C17H14N4O3S. The molecule has 3 aromatic rings. The third-order valence-corrected chi connectivity index (χ3v) is 5.47. The second kappa shape index (κ2) is 6.21. The first-order valence-corrected chi connectivity index (χ1v) is 8.76. The van der Waals surface area contributed by atoms with Crippen LogP contribution in [0.4, 0.5) is 5.69 Å². The highest BCUT2D eigenvalue weighted by molar-refractivity contribution is 7.18. The molecule has 0 aliphatic heterocycles. The summed E-state index contributed by atoms with van der Waals surface area (Å²) in [6.07, 6.45) is 6.99. The molecule has 1 aromatic carbocycles. The average molecular weight is 354 g/mol. The van der Waals surface area contributed by atoms with Crippen molar-refractivity contribution < 1.29 is 4.92 Å². The Bertz CT molecular complexity index is 1070. The number of aryl methyl sites for hydroxylation is 2. The molecule has 0 N–H and O–H groups in total. The number of thiophene rings is 1. The molecule has 8 heteroatoms. The molecule has 0 atom stereocenters. The van der Waals surface area contributed by atoms with E-state index in [4.69, 9.17) is 0 Å². The van der Waals surface area contributed by atoms with Crippen LogP contribution in [0.15, 0.2) is 40.5 Å². The minimum atomic E-state index is -0.464. The lowest BCUT2D eigenvalue weighted by atomic mass is 9.97. The van der Waals surface area contributed by atoms with Crippen LogP contribution in [-0.2, 0) is 12.8 Å². The van der Waals surface area contributed by atoms with Gasteiger partial charge in [-0.05, 0) is 31.2 Å². The van der Waals surface area contributed by atoms with Crippen LogP contribution in [0.2, 0.25) is 0 Å². The molecule has 2 heterocycles. The second-order valence-electron chi connectivity index (χ2n) is 5.88. The maximum absolute atomic E-state index is 12.8. The van der Waals surface area contributed by atoms with E-state index in [0.717, 1.165) is 36.1 Å². The van der Waals surface area contributed by atoms with Gasteiger partial charge in [-0.1, -0.05) is 12.1 Å². The minimum Gasteiger partial charge on any atom is -0.267 e. The molecule has 25 heavy (non-hydrogen) atoms. The largest absolute Gasteiger partial charge is 0.282 e. The van der Waals surface area contributed by atoms with Crippen molar-refractivity contribution >= 4 is 33.5 Å². The van der Waals surface area contributed by atoms with Gasteiger partial charge in [-0.25, -0.2) is 4.98 Å². The van der Waals surface area contributed by atoms with E-state index < -0.39 is 4.92 Å². The Morgan fingerprint density at radius 3 is 3.00 bits per heavy atom. The normalized spacial score (nSPS) is 14.1. The highest BCUT2D eigenvalue weighted by atomic mass is 32.1. The van der Waals surface area contributed by atoms with E-state index in [9.17, 15) is 14.9 Å². The molecule has 0 spiro atoms. The van der Waals surface area contributed by atoms with Crippen LogP contribution >= 0.6 is 11.3 Å². The van der Waals surface area contributed by atoms with Crippen LogP contribution in [0.5, 0.6) is 0 Å². The summed E-state index contributed by atoms with van der Waals surface area (Å²) < 4.78 is 1.20. The van der Waals surface area contributed by atoms with Crippen molar-refractivity contribution in [3.05, 3.63) is 67.1 Å². The zero-order valence-corrected chi connectivity index (χ0v) is 14.0. The van der Waals surface area contributed by atoms with Gasteiger partial charge in [-0.3, -0.25) is 14.9 Å². The number of aromatic nitrogens is 2. The Morgan fingerprint density at radius 2 is 2.16 bits per heavy atom. The fraction of sp³-hybridized carbons (Fsp3) is 0.235. The SMILES string of the molecule is O=c1c2c3c(sc2ncn1/N=C\c1cccc([N+](=O)[O-])c1)CCCC3. The first-order valence-electron chi connectivity index (χ1n) is 7.94. The molecule has 2 aromatic heterocycles. The van der Waals surface area contributed by atoms with E-state index in [1.54, 1.807) is 23.5 Å². The van der Waals surface area contributed by atoms with Crippen molar-refractivity contribution in [3.63, 3.8) is 0 Å². The van der Waals surface area contributed by atoms with E-state index in [1.165, 1.54) is 34.2 Å². The van der Waals surface area contributed by atoms with Crippen molar-refractivity contribution in [2.75, 3.05) is 0 Å². The van der Waals surface area contributed by atoms with E-state index in [1.807, 2.05) is 0 Å². The predicted octanol–water partition coefficient (Wildman–Crippen LogP) is 3.13. The van der Waals surface area contributed by atoms with Gasteiger partial charge in [0.1, 0.15) is 11.2 Å². The third kappa shape index (κ3) is 2.85. The third-order valence-electron chi connectivity index (χ3n) is 4.27. The number of fused-ring (bicyclic) bond motifs is 3. The van der Waals surface area contributed by atoms with Crippen LogP contribution in [-0.4, -0.2) is 20.8 Å². The fourth-order valence-electron chi connectivity index (χ4n) is 3.07. The summed E-state index contributed by atoms with van der Waals surface area (Å²) in [6, 6.07) is 6.10. The molecule has 0 radical (unpaired) electrons. The Labute approximate surface area is 146 Å². The summed E-state index contributed by atoms with van der Waals surface area (Å²) in [5.41, 5.74) is 1.46. The summed E-state index contributed by atoms with van der Waals surface area (Å²) in [5.74, 6) is 0. The maximum atomic E-state index is 12.8. The summed E-state index contributed by atoms with van der Waals surface area (Å²) in [4.78, 5) is 29.5.